The number of esters is 2. The van der Waals surface area contributed by atoms with Crippen molar-refractivity contribution in [3.8, 4) is 0 Å². The molecule has 4 bridgehead atoms. The molecule has 3 atom stereocenters. The molecule has 0 aromatic heterocycles. The van der Waals surface area contributed by atoms with Gasteiger partial charge >= 0.3 is 33.5 Å². The topological polar surface area (TPSA) is 107 Å². The zero-order valence-electron chi connectivity index (χ0n) is 17.7. The van der Waals surface area contributed by atoms with E-state index >= 15 is 0 Å². The molecule has 0 amide bonds. The smallest absolute Gasteiger partial charge is 0.432 e. The van der Waals surface area contributed by atoms with Crippen LogP contribution in [0, 0.1) is 22.7 Å². The molecule has 4 aliphatic carbocycles. The van der Waals surface area contributed by atoms with Crippen LogP contribution in [-0.2, 0) is 29.2 Å². The lowest BCUT2D eigenvalue weighted by molar-refractivity contribution is -0.270. The van der Waals surface area contributed by atoms with E-state index in [1.54, 1.807) is 20.8 Å². The number of rotatable bonds is 5. The second-order valence-corrected chi connectivity index (χ2v) is 11.9. The first-order valence-electron chi connectivity index (χ1n) is 10.1. The fraction of sp³-hybridized carbons (Fsp3) is 0.895. The van der Waals surface area contributed by atoms with Gasteiger partial charge in [0.15, 0.2) is 0 Å². The summed E-state index contributed by atoms with van der Waals surface area (Å²) in [7, 11) is -6.53. The first kappa shape index (κ1) is 25.1. The van der Waals surface area contributed by atoms with E-state index in [2.05, 4.69) is 4.74 Å². The molecule has 4 aliphatic rings. The highest BCUT2D eigenvalue weighted by Crippen LogP contribution is 2.63. The van der Waals surface area contributed by atoms with Crippen LogP contribution in [0.5, 0.6) is 0 Å². The molecule has 4 fully saturated rings. The van der Waals surface area contributed by atoms with Crippen LogP contribution in [0.1, 0.15) is 59.3 Å². The third-order valence-corrected chi connectivity index (χ3v) is 7.44. The van der Waals surface area contributed by atoms with Crippen LogP contribution >= 0.6 is 0 Å². The monoisotopic (exact) mass is 492 g/mol. The molecule has 0 aromatic carbocycles. The molecule has 1 N–H and O–H groups in total. The van der Waals surface area contributed by atoms with Gasteiger partial charge in [-0.1, -0.05) is 0 Å². The van der Waals surface area contributed by atoms with Crippen molar-refractivity contribution >= 4 is 22.1 Å². The van der Waals surface area contributed by atoms with Gasteiger partial charge in [-0.25, -0.2) is 0 Å². The molecule has 7 nitrogen and oxygen atoms in total. The van der Waals surface area contributed by atoms with E-state index < -0.39 is 56.0 Å². The summed E-state index contributed by atoms with van der Waals surface area (Å²) in [5, 5.41) is -5.79. The minimum absolute atomic E-state index is 0.0547. The van der Waals surface area contributed by atoms with Crippen LogP contribution in [-0.4, -0.2) is 48.0 Å². The molecule has 0 aliphatic heterocycles. The first-order valence-corrected chi connectivity index (χ1v) is 11.5. The Balaban J connectivity index is 1.91. The Hall–Kier alpha value is -1.50. The van der Waals surface area contributed by atoms with Gasteiger partial charge in [0.25, 0.3) is 6.10 Å². The number of carbonyl (C=O) groups is 2. The molecular weight excluding hydrogens is 467 g/mol. The fourth-order valence-corrected chi connectivity index (χ4v) is 6.03. The van der Waals surface area contributed by atoms with Gasteiger partial charge in [0.05, 0.1) is 10.8 Å². The molecule has 13 heteroatoms. The normalized spacial score (nSPS) is 33.7. The zero-order chi connectivity index (χ0) is 24.5. The Morgan fingerprint density at radius 1 is 1.00 bits per heavy atom. The highest BCUT2D eigenvalue weighted by molar-refractivity contribution is 7.86. The van der Waals surface area contributed by atoms with Crippen molar-refractivity contribution in [2.24, 2.45) is 22.7 Å². The molecule has 0 radical (unpaired) electrons. The van der Waals surface area contributed by atoms with Crippen molar-refractivity contribution in [2.75, 3.05) is 0 Å². The average molecular weight is 492 g/mol. The zero-order valence-corrected chi connectivity index (χ0v) is 18.5. The number of alkyl halides is 5. The highest BCUT2D eigenvalue weighted by atomic mass is 32.2. The minimum Gasteiger partial charge on any atom is -0.459 e. The lowest BCUT2D eigenvalue weighted by atomic mass is 9.48. The van der Waals surface area contributed by atoms with Crippen LogP contribution in [0.2, 0.25) is 0 Å². The lowest BCUT2D eigenvalue weighted by Crippen LogP contribution is -2.62. The Bertz CT molecular complexity index is 892. The van der Waals surface area contributed by atoms with E-state index in [9.17, 15) is 40.0 Å². The van der Waals surface area contributed by atoms with Gasteiger partial charge in [-0.2, -0.15) is 30.4 Å². The van der Waals surface area contributed by atoms with Crippen molar-refractivity contribution in [3.63, 3.8) is 0 Å². The van der Waals surface area contributed by atoms with Crippen molar-refractivity contribution in [1.29, 1.82) is 0 Å². The Morgan fingerprint density at radius 3 is 1.91 bits per heavy atom. The van der Waals surface area contributed by atoms with E-state index in [0.29, 0.717) is 19.3 Å². The molecule has 3 unspecified atom stereocenters. The maximum absolute atomic E-state index is 13.9. The van der Waals surface area contributed by atoms with Crippen LogP contribution < -0.4 is 0 Å². The van der Waals surface area contributed by atoms with Gasteiger partial charge in [0.1, 0.15) is 5.60 Å². The average Bonchev–Trinajstić information content (AvgIpc) is 2.54. The third-order valence-electron chi connectivity index (χ3n) is 6.53. The van der Waals surface area contributed by atoms with Crippen LogP contribution in [0.4, 0.5) is 22.0 Å². The summed E-state index contributed by atoms with van der Waals surface area (Å²) < 4.78 is 108. The van der Waals surface area contributed by atoms with Gasteiger partial charge < -0.3 is 9.47 Å². The number of halogens is 5. The number of ether oxygens (including phenoxy) is 2. The maximum atomic E-state index is 13.9. The van der Waals surface area contributed by atoms with E-state index in [1.165, 1.54) is 0 Å². The lowest BCUT2D eigenvalue weighted by Gasteiger charge is -2.60. The quantitative estimate of drug-likeness (QED) is 0.353. The Labute approximate surface area is 181 Å². The predicted molar refractivity (Wildman–Crippen MR) is 97.8 cm³/mol. The van der Waals surface area contributed by atoms with Crippen molar-refractivity contribution < 1.29 is 54.0 Å². The molecule has 4 saturated carbocycles. The highest BCUT2D eigenvalue weighted by Gasteiger charge is 2.69. The van der Waals surface area contributed by atoms with Gasteiger partial charge in [-0.3, -0.25) is 14.1 Å². The van der Waals surface area contributed by atoms with Crippen LogP contribution in [0.25, 0.3) is 0 Å². The van der Waals surface area contributed by atoms with E-state index in [0.717, 1.165) is 0 Å². The van der Waals surface area contributed by atoms with Crippen LogP contribution in [0.15, 0.2) is 0 Å². The summed E-state index contributed by atoms with van der Waals surface area (Å²) in [6, 6.07) is 0. The SMILES string of the molecule is CC(C)(C)C(=O)OC12CC3CC(C1)CC(C(=O)OC(C(F)(F)F)C(F)(F)S(=O)(=O)O)(C3)C2. The maximum Gasteiger partial charge on any atom is 0.432 e. The largest absolute Gasteiger partial charge is 0.459 e. The number of hydrogen-bond donors (Lipinski definition) is 1. The minimum atomic E-state index is -6.53. The Morgan fingerprint density at radius 2 is 1.50 bits per heavy atom. The van der Waals surface area contributed by atoms with E-state index in [1.807, 2.05) is 0 Å². The number of carbonyl (C=O) groups excluding carboxylic acids is 2. The summed E-state index contributed by atoms with van der Waals surface area (Å²) >= 11 is 0. The van der Waals surface area contributed by atoms with E-state index in [4.69, 9.17) is 9.29 Å². The van der Waals surface area contributed by atoms with Crippen molar-refractivity contribution in [2.45, 2.75) is 82.4 Å². The van der Waals surface area contributed by atoms with Gasteiger partial charge in [-0.15, -0.1) is 0 Å². The standard InChI is InChI=1S/C19H25F5O7S/c1-15(2,3)13(25)31-17-7-10-4-11(8-17)6-16(5-10,9-17)14(26)30-12(18(20,21)22)19(23,24)32(27,28)29/h10-12H,4-9H2,1-3H3,(H,27,28,29). The Kier molecular flexibility index (Phi) is 5.69. The van der Waals surface area contributed by atoms with Gasteiger partial charge in [0, 0.05) is 6.42 Å². The van der Waals surface area contributed by atoms with Crippen molar-refractivity contribution in [1.82, 2.24) is 0 Å². The summed E-state index contributed by atoms with van der Waals surface area (Å²) in [6.45, 7) is 4.85. The number of hydrogen-bond acceptors (Lipinski definition) is 6. The van der Waals surface area contributed by atoms with Crippen LogP contribution in [0.3, 0.4) is 0 Å². The summed E-state index contributed by atoms with van der Waals surface area (Å²) in [6.07, 6.45) is -9.00. The fourth-order valence-electron chi connectivity index (χ4n) is 5.58. The molecule has 0 spiro atoms. The third kappa shape index (κ3) is 4.34. The second kappa shape index (κ2) is 7.25. The predicted octanol–water partition coefficient (Wildman–Crippen LogP) is 3.87. The van der Waals surface area contributed by atoms with Crippen molar-refractivity contribution in [3.05, 3.63) is 0 Å². The summed E-state index contributed by atoms with van der Waals surface area (Å²) in [5.41, 5.74) is -3.64. The van der Waals surface area contributed by atoms with Gasteiger partial charge in [-0.05, 0) is 64.7 Å². The molecule has 32 heavy (non-hydrogen) atoms. The molecular formula is C19H25F5O7S. The summed E-state index contributed by atoms with van der Waals surface area (Å²) in [5.74, 6) is -2.58. The van der Waals surface area contributed by atoms with Gasteiger partial charge in [0.2, 0.25) is 0 Å². The molecule has 0 heterocycles. The molecule has 0 saturated heterocycles. The molecule has 0 aromatic rings. The first-order chi connectivity index (χ1) is 14.2. The molecule has 4 rings (SSSR count). The molecule has 184 valence electrons. The second-order valence-electron chi connectivity index (χ2n) is 10.4. The van der Waals surface area contributed by atoms with E-state index in [-0.39, 0.29) is 31.1 Å². The summed E-state index contributed by atoms with van der Waals surface area (Å²) in [4.78, 5) is 25.4.